The maximum atomic E-state index is 12.4. The van der Waals surface area contributed by atoms with Crippen LogP contribution in [0, 0.1) is 0 Å². The van der Waals surface area contributed by atoms with Crippen molar-refractivity contribution in [1.82, 2.24) is 10.3 Å². The van der Waals surface area contributed by atoms with E-state index in [1.165, 1.54) is 11.3 Å². The Morgan fingerprint density at radius 3 is 2.75 bits per heavy atom. The lowest BCUT2D eigenvalue weighted by molar-refractivity contribution is -0.121. The molecular formula is C21H20Cl2N2O2S. The Bertz CT molecular complexity index is 975. The number of amides is 1. The van der Waals surface area contributed by atoms with Crippen molar-refractivity contribution in [2.75, 3.05) is 6.61 Å². The summed E-state index contributed by atoms with van der Waals surface area (Å²) in [5, 5.41) is 6.67. The molecule has 0 aliphatic carbocycles. The number of carbonyl (C=O) groups is 1. The van der Waals surface area contributed by atoms with Gasteiger partial charge in [-0.15, -0.1) is 11.3 Å². The van der Waals surface area contributed by atoms with Gasteiger partial charge in [0.15, 0.2) is 0 Å². The molecule has 0 saturated carbocycles. The predicted molar refractivity (Wildman–Crippen MR) is 115 cm³/mol. The highest BCUT2D eigenvalue weighted by Gasteiger charge is 2.15. The monoisotopic (exact) mass is 434 g/mol. The maximum Gasteiger partial charge on any atom is 0.226 e. The van der Waals surface area contributed by atoms with Gasteiger partial charge >= 0.3 is 0 Å². The molecule has 0 aliphatic heterocycles. The van der Waals surface area contributed by atoms with Crippen LogP contribution in [-0.4, -0.2) is 17.5 Å². The van der Waals surface area contributed by atoms with Crippen LogP contribution in [0.15, 0.2) is 47.8 Å². The highest BCUT2D eigenvalue weighted by atomic mass is 35.5. The zero-order valence-corrected chi connectivity index (χ0v) is 17.9. The minimum Gasteiger partial charge on any atom is -0.493 e. The molecule has 0 spiro atoms. The molecule has 1 aromatic heterocycles. The molecule has 3 rings (SSSR count). The number of nitrogens with zero attached hydrogens (tertiary/aromatic N) is 1. The van der Waals surface area contributed by atoms with Crippen molar-refractivity contribution in [2.45, 2.75) is 26.3 Å². The number of thiazole rings is 1. The Hall–Kier alpha value is -2.08. The molecule has 7 heteroatoms. The van der Waals surface area contributed by atoms with E-state index in [1.807, 2.05) is 49.6 Å². The Labute approximate surface area is 178 Å². The summed E-state index contributed by atoms with van der Waals surface area (Å²) in [6.07, 6.45) is 0.207. The lowest BCUT2D eigenvalue weighted by atomic mass is 10.1. The zero-order valence-electron chi connectivity index (χ0n) is 15.5. The van der Waals surface area contributed by atoms with Crippen molar-refractivity contribution in [3.05, 3.63) is 69.1 Å². The molecule has 28 heavy (non-hydrogen) atoms. The average Bonchev–Trinajstić information content (AvgIpc) is 3.12. The minimum atomic E-state index is -0.181. The van der Waals surface area contributed by atoms with Crippen molar-refractivity contribution in [3.63, 3.8) is 0 Å². The number of aromatic nitrogens is 1. The van der Waals surface area contributed by atoms with Crippen molar-refractivity contribution < 1.29 is 9.53 Å². The SMILES string of the molecule is CCOc1ccccc1-c1nc(CC(=O)NC(C)c2ccc(Cl)c(Cl)c2)cs1. The number of para-hydroxylation sites is 1. The number of halogens is 2. The van der Waals surface area contributed by atoms with Gasteiger partial charge in [-0.25, -0.2) is 4.98 Å². The number of hydrogen-bond donors (Lipinski definition) is 1. The normalized spacial score (nSPS) is 11.9. The molecule has 2 aromatic carbocycles. The first-order chi connectivity index (χ1) is 13.5. The summed E-state index contributed by atoms with van der Waals surface area (Å²) < 4.78 is 5.67. The van der Waals surface area contributed by atoms with Crippen LogP contribution in [0.1, 0.15) is 31.1 Å². The minimum absolute atomic E-state index is 0.103. The maximum absolute atomic E-state index is 12.4. The van der Waals surface area contributed by atoms with E-state index in [0.717, 1.165) is 27.6 Å². The third-order valence-electron chi connectivity index (χ3n) is 4.13. The van der Waals surface area contributed by atoms with E-state index in [4.69, 9.17) is 27.9 Å². The second kappa shape index (κ2) is 9.41. The molecule has 4 nitrogen and oxygen atoms in total. The van der Waals surface area contributed by atoms with Gasteiger partial charge in [0.25, 0.3) is 0 Å². The number of benzene rings is 2. The van der Waals surface area contributed by atoms with Gasteiger partial charge < -0.3 is 10.1 Å². The van der Waals surface area contributed by atoms with Crippen molar-refractivity contribution in [1.29, 1.82) is 0 Å². The van der Waals surface area contributed by atoms with Crippen LogP contribution < -0.4 is 10.1 Å². The Kier molecular flexibility index (Phi) is 6.94. The molecule has 0 saturated heterocycles. The molecule has 1 unspecified atom stereocenters. The van der Waals surface area contributed by atoms with E-state index in [2.05, 4.69) is 10.3 Å². The van der Waals surface area contributed by atoms with Crippen molar-refractivity contribution >= 4 is 40.4 Å². The second-order valence-electron chi connectivity index (χ2n) is 6.21. The first-order valence-corrected chi connectivity index (χ1v) is 10.5. The molecule has 146 valence electrons. The number of hydrogen-bond acceptors (Lipinski definition) is 4. The van der Waals surface area contributed by atoms with Crippen LogP contribution in [0.4, 0.5) is 0 Å². The quantitative estimate of drug-likeness (QED) is 0.500. The molecule has 0 radical (unpaired) electrons. The third-order valence-corrected chi connectivity index (χ3v) is 5.80. The lowest BCUT2D eigenvalue weighted by Crippen LogP contribution is -2.28. The van der Waals surface area contributed by atoms with Gasteiger partial charge in [0.1, 0.15) is 10.8 Å². The van der Waals surface area contributed by atoms with Gasteiger partial charge in [-0.2, -0.15) is 0 Å². The van der Waals surface area contributed by atoms with Crippen LogP contribution in [0.25, 0.3) is 10.6 Å². The van der Waals surface area contributed by atoms with E-state index in [0.29, 0.717) is 16.7 Å². The summed E-state index contributed by atoms with van der Waals surface area (Å²) in [6, 6.07) is 12.9. The molecule has 0 bridgehead atoms. The van der Waals surface area contributed by atoms with E-state index in [1.54, 1.807) is 12.1 Å². The Morgan fingerprint density at radius 2 is 2.00 bits per heavy atom. The Balaban J connectivity index is 1.66. The summed E-state index contributed by atoms with van der Waals surface area (Å²) in [6.45, 7) is 4.44. The average molecular weight is 435 g/mol. The van der Waals surface area contributed by atoms with Gasteiger partial charge in [-0.1, -0.05) is 41.4 Å². The molecule has 3 aromatic rings. The molecular weight excluding hydrogens is 415 g/mol. The second-order valence-corrected chi connectivity index (χ2v) is 7.89. The van der Waals surface area contributed by atoms with Gasteiger partial charge in [-0.05, 0) is 43.7 Å². The molecule has 0 aliphatic rings. The smallest absolute Gasteiger partial charge is 0.226 e. The van der Waals surface area contributed by atoms with E-state index < -0.39 is 0 Å². The van der Waals surface area contributed by atoms with Crippen LogP contribution in [0.2, 0.25) is 10.0 Å². The van der Waals surface area contributed by atoms with Crippen molar-refractivity contribution in [3.8, 4) is 16.3 Å². The Morgan fingerprint density at radius 1 is 1.21 bits per heavy atom. The van der Waals surface area contributed by atoms with Gasteiger partial charge in [0, 0.05) is 5.38 Å². The first kappa shape index (κ1) is 20.6. The molecule has 0 fully saturated rings. The van der Waals surface area contributed by atoms with Crippen LogP contribution >= 0.6 is 34.5 Å². The molecule has 1 heterocycles. The standard InChI is InChI=1S/C21H20Cl2N2O2S/c1-3-27-19-7-5-4-6-16(19)21-25-15(12-28-21)11-20(26)24-13(2)14-8-9-17(22)18(23)10-14/h4-10,12-13H,3,11H2,1-2H3,(H,24,26). The molecule has 1 N–H and O–H groups in total. The van der Waals surface area contributed by atoms with Crippen LogP contribution in [0.5, 0.6) is 5.75 Å². The molecule has 1 amide bonds. The fourth-order valence-electron chi connectivity index (χ4n) is 2.76. The summed E-state index contributed by atoms with van der Waals surface area (Å²) >= 11 is 13.5. The first-order valence-electron chi connectivity index (χ1n) is 8.88. The van der Waals surface area contributed by atoms with Gasteiger partial charge in [-0.3, -0.25) is 4.79 Å². The number of rotatable bonds is 7. The third kappa shape index (κ3) is 5.04. The van der Waals surface area contributed by atoms with Gasteiger partial charge in [0.2, 0.25) is 5.91 Å². The highest BCUT2D eigenvalue weighted by molar-refractivity contribution is 7.13. The van der Waals surface area contributed by atoms with E-state index >= 15 is 0 Å². The van der Waals surface area contributed by atoms with E-state index in [9.17, 15) is 4.79 Å². The topological polar surface area (TPSA) is 51.2 Å². The lowest BCUT2D eigenvalue weighted by Gasteiger charge is -2.14. The largest absolute Gasteiger partial charge is 0.493 e. The van der Waals surface area contributed by atoms with Crippen LogP contribution in [0.3, 0.4) is 0 Å². The zero-order chi connectivity index (χ0) is 20.1. The highest BCUT2D eigenvalue weighted by Crippen LogP contribution is 2.32. The predicted octanol–water partition coefficient (Wildman–Crippen LogP) is 5.94. The van der Waals surface area contributed by atoms with E-state index in [-0.39, 0.29) is 18.4 Å². The number of nitrogens with one attached hydrogen (secondary N) is 1. The molecule has 1 atom stereocenters. The summed E-state index contributed by atoms with van der Waals surface area (Å²) in [4.78, 5) is 17.0. The number of ether oxygens (including phenoxy) is 1. The summed E-state index contributed by atoms with van der Waals surface area (Å²) in [5.74, 6) is 0.692. The fourth-order valence-corrected chi connectivity index (χ4v) is 3.91. The van der Waals surface area contributed by atoms with Crippen LogP contribution in [-0.2, 0) is 11.2 Å². The summed E-state index contributed by atoms with van der Waals surface area (Å²) in [5.41, 5.74) is 2.56. The van der Waals surface area contributed by atoms with Crippen molar-refractivity contribution in [2.24, 2.45) is 0 Å². The summed E-state index contributed by atoms with van der Waals surface area (Å²) in [7, 11) is 0. The number of carbonyl (C=O) groups excluding carboxylic acids is 1. The van der Waals surface area contributed by atoms with Gasteiger partial charge in [0.05, 0.1) is 40.4 Å². The fraction of sp³-hybridized carbons (Fsp3) is 0.238.